The SMILES string of the molecule is COC(=O)/C=C/c1ccc(OCCCCCCOc2ccc(OCCCCCCOc3ccc(/C=C/C(=O)OC)cc3OC)c(C(=O)OCCCCCCCCCCCOC(=O)C(C)(CC(C)(C)C)C(C)(C)C)c2)c(OC)c1. The lowest BCUT2D eigenvalue weighted by Crippen LogP contribution is -2.44. The second-order valence-electron chi connectivity index (χ2n) is 22.2. The van der Waals surface area contributed by atoms with Crippen molar-refractivity contribution in [3.05, 3.63) is 83.4 Å². The fourth-order valence-corrected chi connectivity index (χ4v) is 8.73. The van der Waals surface area contributed by atoms with E-state index in [4.69, 9.17) is 37.9 Å². The third-order valence-corrected chi connectivity index (χ3v) is 13.6. The molecule has 0 heterocycles. The van der Waals surface area contributed by atoms with Crippen LogP contribution in [0.3, 0.4) is 0 Å². The highest BCUT2D eigenvalue weighted by Gasteiger charge is 2.47. The van der Waals surface area contributed by atoms with E-state index in [0.717, 1.165) is 127 Å². The van der Waals surface area contributed by atoms with Gasteiger partial charge in [-0.3, -0.25) is 4.79 Å². The average Bonchev–Trinajstić information content (AvgIpc) is 3.45. The number of carbonyl (C=O) groups is 4. The van der Waals surface area contributed by atoms with Crippen molar-refractivity contribution in [3.63, 3.8) is 0 Å². The van der Waals surface area contributed by atoms with Crippen LogP contribution in [0.4, 0.5) is 0 Å². The highest BCUT2D eigenvalue weighted by molar-refractivity contribution is 5.93. The van der Waals surface area contributed by atoms with Gasteiger partial charge in [-0.05, 0) is 154 Å². The van der Waals surface area contributed by atoms with Crippen LogP contribution in [0.25, 0.3) is 12.2 Å². The van der Waals surface area contributed by atoms with Crippen molar-refractivity contribution in [2.24, 2.45) is 16.2 Å². The summed E-state index contributed by atoms with van der Waals surface area (Å²) < 4.78 is 56.3. The fourth-order valence-electron chi connectivity index (χ4n) is 8.73. The lowest BCUT2D eigenvalue weighted by Gasteiger charge is -2.43. The summed E-state index contributed by atoms with van der Waals surface area (Å²) in [6, 6.07) is 16.3. The van der Waals surface area contributed by atoms with Gasteiger partial charge < -0.3 is 47.4 Å². The highest BCUT2D eigenvalue weighted by atomic mass is 16.5. The van der Waals surface area contributed by atoms with Crippen LogP contribution in [0.2, 0.25) is 0 Å². The Kier molecular flexibility index (Phi) is 30.6. The minimum atomic E-state index is -0.537. The third-order valence-electron chi connectivity index (χ3n) is 13.6. The molecule has 0 radical (unpaired) electrons. The number of ether oxygens (including phenoxy) is 10. The van der Waals surface area contributed by atoms with Gasteiger partial charge in [-0.2, -0.15) is 0 Å². The minimum Gasteiger partial charge on any atom is -0.494 e. The van der Waals surface area contributed by atoms with E-state index in [9.17, 15) is 19.2 Å². The Labute approximate surface area is 467 Å². The molecule has 0 aliphatic rings. The Hall–Kier alpha value is -6.18. The van der Waals surface area contributed by atoms with E-state index < -0.39 is 23.3 Å². The topological polar surface area (TPSA) is 161 Å². The van der Waals surface area contributed by atoms with Crippen LogP contribution in [0.15, 0.2) is 66.7 Å². The molecule has 0 saturated heterocycles. The van der Waals surface area contributed by atoms with E-state index in [2.05, 4.69) is 57.9 Å². The molecule has 0 saturated carbocycles. The van der Waals surface area contributed by atoms with Crippen LogP contribution in [-0.4, -0.2) is 92.0 Å². The van der Waals surface area contributed by atoms with E-state index in [-0.39, 0.29) is 16.8 Å². The standard InChI is InChI=1S/C64H94O14/c1-62(2,3)48-64(7,63(4,5)6)61(68)78-44-28-18-16-14-12-13-15-17-27-43-77-60(67)52-47-51(73-39-23-19-20-25-41-75-54-34-29-49(45-56(54)69-8)31-37-58(65)71-10)33-36-53(52)74-40-24-21-22-26-42-76-55-35-30-50(46-57(55)70-9)32-38-59(66)72-11/h29-38,45-47H,12-28,39-44,48H2,1-11H3/b37-31+,38-32+. The van der Waals surface area contributed by atoms with Crippen molar-refractivity contribution in [3.8, 4) is 34.5 Å². The largest absolute Gasteiger partial charge is 0.494 e. The molecule has 0 aliphatic carbocycles. The molecule has 3 aromatic carbocycles. The Morgan fingerprint density at radius 3 is 1.22 bits per heavy atom. The summed E-state index contributed by atoms with van der Waals surface area (Å²) in [4.78, 5) is 49.7. The normalized spacial score (nSPS) is 12.4. The molecule has 1 unspecified atom stereocenters. The number of esters is 4. The maximum Gasteiger partial charge on any atom is 0.342 e. The zero-order valence-electron chi connectivity index (χ0n) is 49.2. The van der Waals surface area contributed by atoms with E-state index in [1.807, 2.05) is 36.4 Å². The molecular weight excluding hydrogens is 993 g/mol. The molecule has 0 spiro atoms. The molecular formula is C64H94O14. The van der Waals surface area contributed by atoms with Crippen molar-refractivity contribution >= 4 is 36.0 Å². The van der Waals surface area contributed by atoms with Gasteiger partial charge in [0.15, 0.2) is 23.0 Å². The Bertz CT molecular complexity index is 2300. The van der Waals surface area contributed by atoms with Gasteiger partial charge >= 0.3 is 23.9 Å². The number of rotatable bonds is 39. The summed E-state index contributed by atoms with van der Waals surface area (Å²) in [6.45, 7) is 17.7. The van der Waals surface area contributed by atoms with Crippen molar-refractivity contribution in [2.45, 2.75) is 164 Å². The number of carbonyl (C=O) groups excluding carboxylic acids is 4. The summed E-state index contributed by atoms with van der Waals surface area (Å²) >= 11 is 0. The zero-order chi connectivity index (χ0) is 57.2. The molecule has 14 heteroatoms. The summed E-state index contributed by atoms with van der Waals surface area (Å²) in [5, 5.41) is 0. The van der Waals surface area contributed by atoms with Crippen LogP contribution in [0.1, 0.15) is 186 Å². The molecule has 0 N–H and O–H groups in total. The lowest BCUT2D eigenvalue weighted by atomic mass is 9.61. The molecule has 0 bridgehead atoms. The molecule has 3 aromatic rings. The first-order chi connectivity index (χ1) is 37.3. The van der Waals surface area contributed by atoms with Crippen molar-refractivity contribution < 1.29 is 66.5 Å². The highest BCUT2D eigenvalue weighted by Crippen LogP contribution is 2.47. The molecule has 0 aromatic heterocycles. The van der Waals surface area contributed by atoms with Crippen LogP contribution in [0, 0.1) is 16.2 Å². The lowest BCUT2D eigenvalue weighted by molar-refractivity contribution is -0.165. The van der Waals surface area contributed by atoms with Gasteiger partial charge in [-0.1, -0.05) is 98.6 Å². The number of benzene rings is 3. The van der Waals surface area contributed by atoms with Gasteiger partial charge in [0.2, 0.25) is 0 Å². The Morgan fingerprint density at radius 2 is 0.808 bits per heavy atom. The Balaban J connectivity index is 1.42. The van der Waals surface area contributed by atoms with Gasteiger partial charge in [0.1, 0.15) is 17.1 Å². The first kappa shape index (κ1) is 66.1. The predicted octanol–water partition coefficient (Wildman–Crippen LogP) is 14.8. The summed E-state index contributed by atoms with van der Waals surface area (Å²) in [6.07, 6.45) is 23.1. The smallest absolute Gasteiger partial charge is 0.342 e. The second kappa shape index (κ2) is 36.1. The fraction of sp³-hybridized carbons (Fsp3) is 0.594. The van der Waals surface area contributed by atoms with Gasteiger partial charge in [0.25, 0.3) is 0 Å². The molecule has 0 fully saturated rings. The molecule has 434 valence electrons. The quantitative estimate of drug-likeness (QED) is 0.0230. The zero-order valence-corrected chi connectivity index (χ0v) is 49.2. The van der Waals surface area contributed by atoms with Crippen molar-refractivity contribution in [1.29, 1.82) is 0 Å². The molecule has 0 aliphatic heterocycles. The van der Waals surface area contributed by atoms with E-state index in [1.54, 1.807) is 44.6 Å². The molecule has 3 rings (SSSR count). The van der Waals surface area contributed by atoms with E-state index >= 15 is 0 Å². The minimum absolute atomic E-state index is 0.0289. The van der Waals surface area contributed by atoms with Gasteiger partial charge in [-0.25, -0.2) is 14.4 Å². The monoisotopic (exact) mass is 1090 g/mol. The maximum absolute atomic E-state index is 13.6. The summed E-state index contributed by atoms with van der Waals surface area (Å²) in [5.74, 6) is 2.11. The molecule has 1 atom stereocenters. The third kappa shape index (κ3) is 25.5. The number of hydrogen-bond donors (Lipinski definition) is 0. The van der Waals surface area contributed by atoms with Gasteiger partial charge in [0.05, 0.1) is 73.5 Å². The molecule has 0 amide bonds. The van der Waals surface area contributed by atoms with Crippen LogP contribution >= 0.6 is 0 Å². The van der Waals surface area contributed by atoms with Gasteiger partial charge in [-0.15, -0.1) is 0 Å². The van der Waals surface area contributed by atoms with E-state index in [1.165, 1.54) is 26.4 Å². The van der Waals surface area contributed by atoms with Gasteiger partial charge in [0, 0.05) is 12.2 Å². The molecule has 14 nitrogen and oxygen atoms in total. The average molecular weight is 1090 g/mol. The predicted molar refractivity (Wildman–Crippen MR) is 308 cm³/mol. The summed E-state index contributed by atoms with van der Waals surface area (Å²) in [7, 11) is 5.83. The van der Waals surface area contributed by atoms with Crippen molar-refractivity contribution in [1.82, 2.24) is 0 Å². The molecule has 78 heavy (non-hydrogen) atoms. The maximum atomic E-state index is 13.6. The number of hydrogen-bond acceptors (Lipinski definition) is 14. The van der Waals surface area contributed by atoms with Crippen LogP contribution < -0.4 is 28.4 Å². The number of unbranched alkanes of at least 4 members (excludes halogenated alkanes) is 14. The van der Waals surface area contributed by atoms with Crippen LogP contribution in [-0.2, 0) is 33.3 Å². The number of methoxy groups -OCH3 is 4. The Morgan fingerprint density at radius 1 is 0.423 bits per heavy atom. The second-order valence-corrected chi connectivity index (χ2v) is 22.2. The van der Waals surface area contributed by atoms with E-state index in [0.29, 0.717) is 79.7 Å². The van der Waals surface area contributed by atoms with Crippen molar-refractivity contribution in [2.75, 3.05) is 68.1 Å². The first-order valence-electron chi connectivity index (χ1n) is 28.2. The van der Waals surface area contributed by atoms with Crippen LogP contribution in [0.5, 0.6) is 34.5 Å². The first-order valence-corrected chi connectivity index (χ1v) is 28.2. The summed E-state index contributed by atoms with van der Waals surface area (Å²) in [5.41, 5.74) is 1.24.